The third-order valence-corrected chi connectivity index (χ3v) is 11.0. The highest BCUT2D eigenvalue weighted by Gasteiger charge is 2.56. The lowest BCUT2D eigenvalue weighted by molar-refractivity contribution is -0.384. The maximum atomic E-state index is 13.9. The Balaban J connectivity index is 1.39. The predicted molar refractivity (Wildman–Crippen MR) is 168 cm³/mol. The Kier molecular flexibility index (Phi) is 7.94. The highest BCUT2D eigenvalue weighted by Crippen LogP contribution is 2.54. The van der Waals surface area contributed by atoms with Crippen LogP contribution in [0.1, 0.15) is 16.4 Å². The van der Waals surface area contributed by atoms with Gasteiger partial charge in [0.05, 0.1) is 31.6 Å². The van der Waals surface area contributed by atoms with Crippen molar-refractivity contribution < 1.29 is 19.3 Å². The number of nitrogens with zero attached hydrogens (tertiary/aromatic N) is 3. The summed E-state index contributed by atoms with van der Waals surface area (Å²) < 4.78 is 2.12. The van der Waals surface area contributed by atoms with E-state index in [2.05, 4.69) is 21.2 Å². The van der Waals surface area contributed by atoms with Crippen LogP contribution in [0, 0.1) is 16.0 Å². The summed E-state index contributed by atoms with van der Waals surface area (Å²) in [7, 11) is 0. The lowest BCUT2D eigenvalue weighted by atomic mass is 9.83. The molecule has 2 aliphatic heterocycles. The minimum absolute atomic E-state index is 0.173. The number of nitrogens with one attached hydrogen (secondary N) is 1. The minimum Gasteiger partial charge on any atom is -0.324 e. The number of amides is 3. The Labute approximate surface area is 269 Å². The fourth-order valence-electron chi connectivity index (χ4n) is 5.18. The first-order chi connectivity index (χ1) is 20.5. The molecule has 6 rings (SSSR count). The van der Waals surface area contributed by atoms with E-state index in [1.165, 1.54) is 41.0 Å². The van der Waals surface area contributed by atoms with E-state index in [4.69, 9.17) is 23.2 Å². The lowest BCUT2D eigenvalue weighted by Crippen LogP contribution is -2.33. The number of carbonyl (C=O) groups is 3. The van der Waals surface area contributed by atoms with E-state index in [0.29, 0.717) is 20.6 Å². The summed E-state index contributed by atoms with van der Waals surface area (Å²) in [5, 5.41) is 14.0. The van der Waals surface area contributed by atoms with E-state index in [1.807, 2.05) is 24.3 Å². The SMILES string of the molecule is O=C(Cn1c2c(sc1=O)[C@@H](c1ccc(Br)cc1)[C@@H]1C(=O)N(c3ccc([N+](=O)[O-])cc3)C(=O)[C@@H]1S2)Nc1ccc(Cl)c(Cl)c1. The van der Waals surface area contributed by atoms with Gasteiger partial charge in [-0.3, -0.25) is 33.9 Å². The van der Waals surface area contributed by atoms with Crippen LogP contribution in [-0.4, -0.2) is 32.5 Å². The van der Waals surface area contributed by atoms with Gasteiger partial charge in [-0.05, 0) is 48.0 Å². The molecule has 1 saturated heterocycles. The number of fused-ring (bicyclic) bond motifs is 2. The van der Waals surface area contributed by atoms with E-state index in [-0.39, 0.29) is 22.9 Å². The van der Waals surface area contributed by atoms with Crippen molar-refractivity contribution in [1.82, 2.24) is 4.57 Å². The molecule has 0 spiro atoms. The molecule has 0 unspecified atom stereocenters. The number of non-ortho nitro benzene ring substituents is 1. The monoisotopic (exact) mass is 718 g/mol. The Hall–Kier alpha value is -3.49. The van der Waals surface area contributed by atoms with E-state index >= 15 is 0 Å². The average molecular weight is 720 g/mol. The van der Waals surface area contributed by atoms with Crippen molar-refractivity contribution in [3.63, 3.8) is 0 Å². The lowest BCUT2D eigenvalue weighted by Gasteiger charge is -2.30. The molecular weight excluding hydrogens is 703 g/mol. The van der Waals surface area contributed by atoms with Gasteiger partial charge in [-0.15, -0.1) is 0 Å². The van der Waals surface area contributed by atoms with Crippen LogP contribution in [0.4, 0.5) is 17.1 Å². The molecule has 2 aliphatic rings. The van der Waals surface area contributed by atoms with Gasteiger partial charge in [-0.1, -0.05) is 74.4 Å². The number of hydrogen-bond acceptors (Lipinski definition) is 8. The quantitative estimate of drug-likeness (QED) is 0.140. The Morgan fingerprint density at radius 3 is 2.33 bits per heavy atom. The van der Waals surface area contributed by atoms with Crippen LogP contribution in [-0.2, 0) is 20.9 Å². The number of nitro benzene ring substituents is 1. The van der Waals surface area contributed by atoms with Crippen LogP contribution in [0.25, 0.3) is 0 Å². The second-order valence-corrected chi connectivity index (χ2v) is 13.5. The second-order valence-electron chi connectivity index (χ2n) is 9.68. The Morgan fingerprint density at radius 1 is 0.977 bits per heavy atom. The first-order valence-electron chi connectivity index (χ1n) is 12.6. The van der Waals surface area contributed by atoms with Crippen molar-refractivity contribution >= 4 is 97.0 Å². The number of nitro groups is 1. The van der Waals surface area contributed by atoms with Crippen LogP contribution >= 0.6 is 62.2 Å². The van der Waals surface area contributed by atoms with Gasteiger partial charge in [0.1, 0.15) is 11.8 Å². The molecule has 15 heteroatoms. The van der Waals surface area contributed by atoms with Crippen molar-refractivity contribution in [2.45, 2.75) is 22.7 Å². The van der Waals surface area contributed by atoms with E-state index < -0.39 is 44.6 Å². The van der Waals surface area contributed by atoms with Gasteiger partial charge in [-0.25, -0.2) is 4.90 Å². The fourth-order valence-corrected chi connectivity index (χ4v) is 8.52. The number of rotatable bonds is 6. The summed E-state index contributed by atoms with van der Waals surface area (Å²) in [4.78, 5) is 65.9. The molecule has 4 aromatic rings. The maximum Gasteiger partial charge on any atom is 0.308 e. The van der Waals surface area contributed by atoms with Crippen LogP contribution in [0.15, 0.2) is 81.0 Å². The third kappa shape index (κ3) is 5.40. The molecule has 3 amide bonds. The molecule has 10 nitrogen and oxygen atoms in total. The van der Waals surface area contributed by atoms with Crippen molar-refractivity contribution in [3.05, 3.63) is 111 Å². The van der Waals surface area contributed by atoms with Crippen molar-refractivity contribution in [2.75, 3.05) is 10.2 Å². The number of carbonyl (C=O) groups excluding carboxylic acids is 3. The molecule has 3 atom stereocenters. The molecule has 1 aromatic heterocycles. The molecule has 1 N–H and O–H groups in total. The number of thioether (sulfide) groups is 1. The predicted octanol–water partition coefficient (Wildman–Crippen LogP) is 6.32. The number of aromatic nitrogens is 1. The summed E-state index contributed by atoms with van der Waals surface area (Å²) in [5.74, 6) is -2.97. The van der Waals surface area contributed by atoms with Crippen molar-refractivity contribution in [1.29, 1.82) is 0 Å². The molecule has 43 heavy (non-hydrogen) atoms. The van der Waals surface area contributed by atoms with Gasteiger partial charge in [0.15, 0.2) is 0 Å². The minimum atomic E-state index is -0.901. The maximum absolute atomic E-state index is 13.9. The first kappa shape index (κ1) is 29.6. The molecule has 0 aliphatic carbocycles. The second kappa shape index (κ2) is 11.5. The van der Waals surface area contributed by atoms with Crippen LogP contribution in [0.2, 0.25) is 10.0 Å². The first-order valence-corrected chi connectivity index (χ1v) is 15.8. The molecule has 1 fully saturated rings. The van der Waals surface area contributed by atoms with Gasteiger partial charge in [0.25, 0.3) is 5.69 Å². The molecule has 218 valence electrons. The highest BCUT2D eigenvalue weighted by atomic mass is 79.9. The molecule has 0 bridgehead atoms. The number of benzene rings is 3. The molecule has 3 aromatic carbocycles. The van der Waals surface area contributed by atoms with Crippen molar-refractivity contribution in [2.24, 2.45) is 5.92 Å². The van der Waals surface area contributed by atoms with Crippen LogP contribution < -0.4 is 15.1 Å². The van der Waals surface area contributed by atoms with E-state index in [9.17, 15) is 29.3 Å². The number of imide groups is 1. The summed E-state index contributed by atoms with van der Waals surface area (Å²) in [6, 6.07) is 17.1. The number of anilines is 2. The molecule has 3 heterocycles. The zero-order valence-corrected chi connectivity index (χ0v) is 26.3. The van der Waals surface area contributed by atoms with Gasteiger partial charge in [0.2, 0.25) is 17.7 Å². The summed E-state index contributed by atoms with van der Waals surface area (Å²) in [5.41, 5.74) is 1.16. The normalized spacial score (nSPS) is 19.2. The largest absolute Gasteiger partial charge is 0.324 e. The van der Waals surface area contributed by atoms with Crippen LogP contribution in [0.3, 0.4) is 0 Å². The van der Waals surface area contributed by atoms with E-state index in [1.54, 1.807) is 6.07 Å². The molecular formula is C28H17BrCl2N4O6S2. The number of halogens is 3. The van der Waals surface area contributed by atoms with Gasteiger partial charge in [0, 0.05) is 33.1 Å². The Bertz CT molecular complexity index is 1880. The standard InChI is InChI=1S/C28H17BrCl2N4O6S2/c29-14-3-1-13(2-4-14)21-22-23(26(38)34(25(22)37)16-6-8-17(9-7-16)35(40)41)42-27-24(21)43-28(39)33(27)12-20(36)32-15-5-10-18(30)19(31)11-15/h1-11,21-23H,12H2,(H,32,36)/t21-,22-,23+/m0/s1. The summed E-state index contributed by atoms with van der Waals surface area (Å²) >= 11 is 17.5. The van der Waals surface area contributed by atoms with Crippen molar-refractivity contribution in [3.8, 4) is 0 Å². The molecule has 0 saturated carbocycles. The van der Waals surface area contributed by atoms with Crippen LogP contribution in [0.5, 0.6) is 0 Å². The Morgan fingerprint density at radius 2 is 1.67 bits per heavy atom. The molecule has 0 radical (unpaired) electrons. The number of hydrogen-bond donors (Lipinski definition) is 1. The third-order valence-electron chi connectivity index (χ3n) is 7.10. The van der Waals surface area contributed by atoms with Gasteiger partial charge in [-0.2, -0.15) is 0 Å². The van der Waals surface area contributed by atoms with Gasteiger partial charge < -0.3 is 5.32 Å². The summed E-state index contributed by atoms with van der Waals surface area (Å²) in [6.45, 7) is -0.337. The smallest absolute Gasteiger partial charge is 0.308 e. The average Bonchev–Trinajstić information content (AvgIpc) is 3.41. The summed E-state index contributed by atoms with van der Waals surface area (Å²) in [6.07, 6.45) is 0. The van der Waals surface area contributed by atoms with E-state index in [0.717, 1.165) is 38.0 Å². The highest BCUT2D eigenvalue weighted by molar-refractivity contribution is 9.10. The topological polar surface area (TPSA) is 132 Å². The zero-order chi connectivity index (χ0) is 30.6. The fraction of sp³-hybridized carbons (Fsp3) is 0.143. The number of thiazole rings is 1. The zero-order valence-electron chi connectivity index (χ0n) is 21.5. The van der Waals surface area contributed by atoms with Gasteiger partial charge >= 0.3 is 4.87 Å².